The lowest BCUT2D eigenvalue weighted by atomic mass is 9.47. The van der Waals surface area contributed by atoms with Crippen molar-refractivity contribution in [2.45, 2.75) is 130 Å². The van der Waals surface area contributed by atoms with Crippen LogP contribution in [-0.4, -0.2) is 78.9 Å². The van der Waals surface area contributed by atoms with Gasteiger partial charge in [-0.3, -0.25) is 4.90 Å². The number of fused-ring (bicyclic) bond motifs is 5. The van der Waals surface area contributed by atoms with E-state index in [0.29, 0.717) is 51.2 Å². The highest BCUT2D eigenvalue weighted by atomic mass is 16.6. The first-order valence-corrected chi connectivity index (χ1v) is 18.3. The monoisotopic (exact) mass is 616 g/mol. The molecule has 0 spiro atoms. The summed E-state index contributed by atoms with van der Waals surface area (Å²) in [6.07, 6.45) is 15.6. The van der Waals surface area contributed by atoms with E-state index in [1.807, 2.05) is 4.90 Å². The van der Waals surface area contributed by atoms with Crippen molar-refractivity contribution in [1.29, 1.82) is 0 Å². The van der Waals surface area contributed by atoms with Gasteiger partial charge in [-0.25, -0.2) is 4.79 Å². The number of ether oxygens (including phenoxy) is 2. The van der Waals surface area contributed by atoms with Gasteiger partial charge in [0, 0.05) is 39.0 Å². The van der Waals surface area contributed by atoms with Gasteiger partial charge in [-0.05, 0) is 91.3 Å². The second-order valence-corrected chi connectivity index (χ2v) is 16.4. The minimum Gasteiger partial charge on any atom is -0.446 e. The van der Waals surface area contributed by atoms with Crippen LogP contribution in [0.2, 0.25) is 0 Å². The quantitative estimate of drug-likeness (QED) is 0.170. The molecule has 1 amide bonds. The lowest BCUT2D eigenvalue weighted by molar-refractivity contribution is -0.0581. The standard InChI is InChI=1S/C37H64N2O5/c1-25(2)7-6-8-26(3)32-11-12-33-31-10-9-27-21-30(13-15-36(27,4)34(31)14-16-37(32,33)5)44-35(42)38-17-19-43-20-18-39-23-28(40)22-29(41)24-39/h9,25-26,28-34,40-41H,6-8,10-24H2,1-5H3,(H,38,42)/t26-,28?,29?,30+,31+,32-,33+,34+,36+,37-/m1/s1. The molecule has 5 aliphatic rings. The Hall–Kier alpha value is -1.15. The maximum atomic E-state index is 12.6. The van der Waals surface area contributed by atoms with Gasteiger partial charge in [-0.1, -0.05) is 65.5 Å². The minimum atomic E-state index is -0.477. The summed E-state index contributed by atoms with van der Waals surface area (Å²) < 4.78 is 11.6. The average molecular weight is 617 g/mol. The fraction of sp³-hybridized carbons (Fsp3) is 0.919. The maximum Gasteiger partial charge on any atom is 0.407 e. The number of piperidine rings is 1. The molecule has 3 N–H and O–H groups in total. The van der Waals surface area contributed by atoms with Crippen molar-refractivity contribution in [1.82, 2.24) is 10.2 Å². The van der Waals surface area contributed by atoms with Crippen molar-refractivity contribution < 1.29 is 24.5 Å². The van der Waals surface area contributed by atoms with E-state index in [1.54, 1.807) is 5.57 Å². The summed E-state index contributed by atoms with van der Waals surface area (Å²) in [5.41, 5.74) is 2.33. The number of amides is 1. The first-order valence-electron chi connectivity index (χ1n) is 18.3. The number of aliphatic hydroxyl groups excluding tert-OH is 2. The Morgan fingerprint density at radius 3 is 2.55 bits per heavy atom. The van der Waals surface area contributed by atoms with E-state index in [9.17, 15) is 15.0 Å². The van der Waals surface area contributed by atoms with Crippen molar-refractivity contribution in [3.05, 3.63) is 11.6 Å². The minimum absolute atomic E-state index is 0.0415. The first-order chi connectivity index (χ1) is 21.0. The van der Waals surface area contributed by atoms with E-state index in [2.05, 4.69) is 46.0 Å². The Balaban J connectivity index is 1.05. The molecule has 0 aromatic rings. The zero-order valence-corrected chi connectivity index (χ0v) is 28.6. The van der Waals surface area contributed by atoms with Crippen LogP contribution >= 0.6 is 0 Å². The van der Waals surface area contributed by atoms with Crippen molar-refractivity contribution >= 4 is 6.09 Å². The highest BCUT2D eigenvalue weighted by Gasteiger charge is 2.59. The summed E-state index contributed by atoms with van der Waals surface area (Å²) in [5, 5.41) is 22.5. The Labute approximate surface area is 267 Å². The molecule has 0 aromatic heterocycles. The second kappa shape index (κ2) is 14.7. The summed E-state index contributed by atoms with van der Waals surface area (Å²) in [6.45, 7) is 15.6. The number of carbonyl (C=O) groups excluding carboxylic acids is 1. The second-order valence-electron chi connectivity index (χ2n) is 16.4. The molecule has 7 nitrogen and oxygen atoms in total. The molecule has 1 aliphatic heterocycles. The van der Waals surface area contributed by atoms with Gasteiger partial charge in [0.05, 0.1) is 25.4 Å². The zero-order valence-electron chi connectivity index (χ0n) is 28.6. The van der Waals surface area contributed by atoms with Crippen molar-refractivity contribution in [2.75, 3.05) is 39.4 Å². The van der Waals surface area contributed by atoms with Crippen LogP contribution in [0.15, 0.2) is 11.6 Å². The van der Waals surface area contributed by atoms with Crippen LogP contribution < -0.4 is 5.32 Å². The molecule has 0 aromatic carbocycles. The van der Waals surface area contributed by atoms with Gasteiger partial charge >= 0.3 is 6.09 Å². The molecule has 3 saturated carbocycles. The van der Waals surface area contributed by atoms with Gasteiger partial charge in [0.2, 0.25) is 0 Å². The number of nitrogens with zero attached hydrogens (tertiary/aromatic N) is 1. The smallest absolute Gasteiger partial charge is 0.407 e. The Bertz CT molecular complexity index is 977. The third-order valence-corrected chi connectivity index (χ3v) is 13.1. The van der Waals surface area contributed by atoms with Crippen LogP contribution in [0.3, 0.4) is 0 Å². The fourth-order valence-electron chi connectivity index (χ4n) is 10.8. The molecule has 5 rings (SSSR count). The number of allylic oxidation sites excluding steroid dienone is 1. The lowest BCUT2D eigenvalue weighted by Gasteiger charge is -2.58. The number of β-amino-alcohol motifs (C(OH)–C–C–N with tert-alkyl or cyclic N) is 2. The SMILES string of the molecule is CC(C)CCC[C@@H](C)[C@H]1CC[C@H]2[C@@H]3CC=C4C[C@@H](OC(=O)NCCOCCN5CC(O)CC(O)C5)CC[C@]4(C)[C@H]3CC[C@]12C. The van der Waals surface area contributed by atoms with Gasteiger partial charge in [-0.15, -0.1) is 0 Å². The number of aliphatic hydroxyl groups is 2. The van der Waals surface area contributed by atoms with Crippen LogP contribution in [0.1, 0.15) is 112 Å². The fourth-order valence-corrected chi connectivity index (χ4v) is 10.8. The molecule has 2 unspecified atom stereocenters. The van der Waals surface area contributed by atoms with Crippen molar-refractivity contribution in [3.8, 4) is 0 Å². The van der Waals surface area contributed by atoms with E-state index >= 15 is 0 Å². The molecule has 1 heterocycles. The van der Waals surface area contributed by atoms with Gasteiger partial charge in [0.15, 0.2) is 0 Å². The Morgan fingerprint density at radius 2 is 1.80 bits per heavy atom. The first kappa shape index (κ1) is 34.2. The van der Waals surface area contributed by atoms with E-state index in [0.717, 1.165) is 54.8 Å². The van der Waals surface area contributed by atoms with E-state index in [-0.39, 0.29) is 17.6 Å². The summed E-state index contributed by atoms with van der Waals surface area (Å²) in [7, 11) is 0. The largest absolute Gasteiger partial charge is 0.446 e. The summed E-state index contributed by atoms with van der Waals surface area (Å²) in [6, 6.07) is 0. The molecule has 0 bridgehead atoms. The maximum absolute atomic E-state index is 12.6. The number of likely N-dealkylation sites (tertiary alicyclic amines) is 1. The van der Waals surface area contributed by atoms with Crippen LogP contribution in [0.4, 0.5) is 4.79 Å². The van der Waals surface area contributed by atoms with Crippen molar-refractivity contribution in [3.63, 3.8) is 0 Å². The highest BCUT2D eigenvalue weighted by molar-refractivity contribution is 5.67. The normalized spacial score (nSPS) is 39.6. The molecular weight excluding hydrogens is 552 g/mol. The third kappa shape index (κ3) is 7.69. The van der Waals surface area contributed by atoms with Crippen LogP contribution in [0, 0.1) is 46.3 Å². The summed E-state index contributed by atoms with van der Waals surface area (Å²) in [4.78, 5) is 14.6. The number of nitrogens with one attached hydrogen (secondary N) is 1. The van der Waals surface area contributed by atoms with E-state index < -0.39 is 12.2 Å². The lowest BCUT2D eigenvalue weighted by Crippen LogP contribution is -2.51. The molecular formula is C37H64N2O5. The van der Waals surface area contributed by atoms with E-state index in [4.69, 9.17) is 9.47 Å². The molecule has 0 radical (unpaired) electrons. The molecule has 7 heteroatoms. The van der Waals surface area contributed by atoms with Crippen molar-refractivity contribution in [2.24, 2.45) is 46.3 Å². The number of rotatable bonds is 12. The molecule has 10 atom stereocenters. The molecule has 252 valence electrons. The van der Waals surface area contributed by atoms with Crippen LogP contribution in [0.25, 0.3) is 0 Å². The number of hydrogen-bond acceptors (Lipinski definition) is 6. The topological polar surface area (TPSA) is 91.3 Å². The number of alkyl carbamates (subject to hydrolysis) is 1. The van der Waals surface area contributed by atoms with Gasteiger partial charge < -0.3 is 25.0 Å². The predicted molar refractivity (Wildman–Crippen MR) is 175 cm³/mol. The third-order valence-electron chi connectivity index (χ3n) is 13.1. The zero-order chi connectivity index (χ0) is 31.5. The molecule has 4 fully saturated rings. The highest BCUT2D eigenvalue weighted by Crippen LogP contribution is 2.67. The van der Waals surface area contributed by atoms with Gasteiger partial charge in [0.1, 0.15) is 6.10 Å². The number of carbonyl (C=O) groups is 1. The Morgan fingerprint density at radius 1 is 1.02 bits per heavy atom. The molecule has 1 saturated heterocycles. The van der Waals surface area contributed by atoms with Crippen LogP contribution in [0.5, 0.6) is 0 Å². The van der Waals surface area contributed by atoms with Gasteiger partial charge in [0.25, 0.3) is 0 Å². The predicted octanol–water partition coefficient (Wildman–Crippen LogP) is 6.57. The van der Waals surface area contributed by atoms with E-state index in [1.165, 1.54) is 51.4 Å². The van der Waals surface area contributed by atoms with Crippen LogP contribution in [-0.2, 0) is 9.47 Å². The molecule has 4 aliphatic carbocycles. The summed E-state index contributed by atoms with van der Waals surface area (Å²) >= 11 is 0. The summed E-state index contributed by atoms with van der Waals surface area (Å²) in [5.74, 6) is 5.02. The van der Waals surface area contributed by atoms with Gasteiger partial charge in [-0.2, -0.15) is 0 Å². The molecule has 44 heavy (non-hydrogen) atoms. The number of hydrogen-bond donors (Lipinski definition) is 3. The Kier molecular flexibility index (Phi) is 11.4. The average Bonchev–Trinajstić information content (AvgIpc) is 3.31.